The van der Waals surface area contributed by atoms with Crippen molar-refractivity contribution in [2.24, 2.45) is 0 Å². The van der Waals surface area contributed by atoms with Gasteiger partial charge < -0.3 is 24.8 Å². The van der Waals surface area contributed by atoms with Gasteiger partial charge in [-0.3, -0.25) is 4.57 Å². The van der Waals surface area contributed by atoms with E-state index in [4.69, 9.17) is 20.3 Å². The summed E-state index contributed by atoms with van der Waals surface area (Å²) in [4.78, 5) is 33.0. The molecule has 12 heteroatoms. The third kappa shape index (κ3) is 5.47. The number of benzene rings is 1. The summed E-state index contributed by atoms with van der Waals surface area (Å²) < 4.78 is 17.9. The Labute approximate surface area is 170 Å². The second-order valence-electron chi connectivity index (χ2n) is 6.00. The molecule has 0 aliphatic rings. The number of hydrogen-bond donors (Lipinski definition) is 3. The van der Waals surface area contributed by atoms with Gasteiger partial charge in [0.2, 0.25) is 5.95 Å². The highest BCUT2D eigenvalue weighted by atomic mass is 32.2. The van der Waals surface area contributed by atoms with E-state index in [1.807, 2.05) is 30.5 Å². The first-order valence-corrected chi connectivity index (χ1v) is 12.1. The molecule has 1 aromatic carbocycles. The number of nitrogens with zero attached hydrogens (tertiary/aromatic N) is 4. The summed E-state index contributed by atoms with van der Waals surface area (Å²) in [7, 11) is -4.22. The molecule has 150 valence electrons. The molecule has 0 saturated heterocycles. The van der Waals surface area contributed by atoms with Crippen LogP contribution in [0, 0.1) is 0 Å². The van der Waals surface area contributed by atoms with Gasteiger partial charge in [0.15, 0.2) is 5.65 Å². The monoisotopic (exact) mass is 441 g/mol. The van der Waals surface area contributed by atoms with Gasteiger partial charge in [0.1, 0.15) is 16.9 Å². The van der Waals surface area contributed by atoms with Crippen LogP contribution in [0.3, 0.4) is 0 Å². The summed E-state index contributed by atoms with van der Waals surface area (Å²) in [6.07, 6.45) is 2.53. The van der Waals surface area contributed by atoms with E-state index in [0.717, 1.165) is 4.90 Å². The Hall–Kier alpha value is -1.62. The number of thioether (sulfide) groups is 1. The lowest BCUT2D eigenvalue weighted by molar-refractivity contribution is 0.0764. The first-order chi connectivity index (χ1) is 13.2. The van der Waals surface area contributed by atoms with Crippen LogP contribution in [0.5, 0.6) is 0 Å². The molecule has 3 rings (SSSR count). The Kier molecular flexibility index (Phi) is 6.64. The molecule has 1 unspecified atom stereocenters. The highest BCUT2D eigenvalue weighted by Crippen LogP contribution is 2.35. The normalized spacial score (nSPS) is 13.1. The molecule has 28 heavy (non-hydrogen) atoms. The number of rotatable bonds is 8. The summed E-state index contributed by atoms with van der Waals surface area (Å²) in [6.45, 7) is 2.04. The van der Waals surface area contributed by atoms with Crippen LogP contribution in [0.1, 0.15) is 6.92 Å². The van der Waals surface area contributed by atoms with Crippen molar-refractivity contribution in [3.05, 3.63) is 30.6 Å². The Morgan fingerprint density at radius 1 is 1.25 bits per heavy atom. The fourth-order valence-electron chi connectivity index (χ4n) is 2.45. The highest BCUT2D eigenvalue weighted by Gasteiger charge is 2.18. The minimum Gasteiger partial charge on any atom is -0.368 e. The van der Waals surface area contributed by atoms with Gasteiger partial charge in [-0.05, 0) is 37.4 Å². The fraction of sp³-hybridized carbons (Fsp3) is 0.312. The largest absolute Gasteiger partial charge is 0.368 e. The number of fused-ring (bicyclic) bond motifs is 1. The predicted molar refractivity (Wildman–Crippen MR) is 110 cm³/mol. The molecule has 2 aromatic heterocycles. The Balaban J connectivity index is 1.82. The standard InChI is InChI=1S/C16H20N5O4PS2/c1-10(25-9-26(22,23)24)7-21-8-18-13-14(21)19-16(17)20-15(13)28-12-5-3-11(27-2)4-6-12/h3-6,8,10H,7,9H2,1-2H3,(H2,17,19,20)(H2,22,23,24). The average Bonchev–Trinajstić information content (AvgIpc) is 3.03. The van der Waals surface area contributed by atoms with Gasteiger partial charge in [0, 0.05) is 9.79 Å². The van der Waals surface area contributed by atoms with Crippen molar-refractivity contribution in [1.82, 2.24) is 19.5 Å². The van der Waals surface area contributed by atoms with E-state index in [-0.39, 0.29) is 5.95 Å². The summed E-state index contributed by atoms with van der Waals surface area (Å²) in [5.74, 6) is 0.126. The van der Waals surface area contributed by atoms with Gasteiger partial charge in [0.25, 0.3) is 0 Å². The molecular weight excluding hydrogens is 421 g/mol. The number of imidazole rings is 1. The minimum atomic E-state index is -4.22. The maximum absolute atomic E-state index is 11.0. The van der Waals surface area contributed by atoms with E-state index in [9.17, 15) is 4.57 Å². The zero-order valence-electron chi connectivity index (χ0n) is 15.2. The van der Waals surface area contributed by atoms with Crippen molar-refractivity contribution < 1.29 is 19.1 Å². The fourth-order valence-corrected chi connectivity index (χ4v) is 4.18. The summed E-state index contributed by atoms with van der Waals surface area (Å²) in [6, 6.07) is 8.09. The van der Waals surface area contributed by atoms with Crippen molar-refractivity contribution in [3.63, 3.8) is 0 Å². The van der Waals surface area contributed by atoms with Crippen LogP contribution < -0.4 is 5.73 Å². The first-order valence-electron chi connectivity index (χ1n) is 8.21. The first kappa shape index (κ1) is 21.1. The van der Waals surface area contributed by atoms with E-state index in [1.165, 1.54) is 16.7 Å². The van der Waals surface area contributed by atoms with Gasteiger partial charge in [-0.25, -0.2) is 9.97 Å². The average molecular weight is 441 g/mol. The molecule has 0 bridgehead atoms. The molecule has 0 amide bonds. The lowest BCUT2D eigenvalue weighted by atomic mass is 10.4. The smallest absolute Gasteiger partial charge is 0.350 e. The van der Waals surface area contributed by atoms with Gasteiger partial charge >= 0.3 is 7.60 Å². The Morgan fingerprint density at radius 3 is 2.57 bits per heavy atom. The number of nitrogen functional groups attached to an aromatic ring is 1. The lowest BCUT2D eigenvalue weighted by Crippen LogP contribution is -2.17. The molecule has 1 atom stereocenters. The molecule has 0 radical (unpaired) electrons. The topological polar surface area (TPSA) is 136 Å². The molecule has 0 aliphatic heterocycles. The summed E-state index contributed by atoms with van der Waals surface area (Å²) >= 11 is 3.12. The zero-order valence-corrected chi connectivity index (χ0v) is 17.7. The molecule has 0 saturated carbocycles. The van der Waals surface area contributed by atoms with Crippen molar-refractivity contribution >= 4 is 48.2 Å². The maximum atomic E-state index is 11.0. The number of nitrogens with two attached hydrogens (primary N) is 1. The lowest BCUT2D eigenvalue weighted by Gasteiger charge is -2.14. The van der Waals surface area contributed by atoms with Gasteiger partial charge in [-0.2, -0.15) is 4.98 Å². The quantitative estimate of drug-likeness (QED) is 0.272. The van der Waals surface area contributed by atoms with Crippen LogP contribution in [-0.4, -0.2) is 48.0 Å². The molecule has 3 aromatic rings. The zero-order chi connectivity index (χ0) is 20.3. The van der Waals surface area contributed by atoms with Crippen molar-refractivity contribution in [3.8, 4) is 0 Å². The predicted octanol–water partition coefficient (Wildman–Crippen LogP) is 2.82. The molecule has 4 N–H and O–H groups in total. The minimum absolute atomic E-state index is 0.126. The van der Waals surface area contributed by atoms with Gasteiger partial charge in [-0.15, -0.1) is 11.8 Å². The van der Waals surface area contributed by atoms with Crippen molar-refractivity contribution in [2.45, 2.75) is 34.4 Å². The summed E-state index contributed by atoms with van der Waals surface area (Å²) in [5.41, 5.74) is 7.04. The third-order valence-electron chi connectivity index (χ3n) is 3.70. The van der Waals surface area contributed by atoms with E-state index in [0.29, 0.717) is 22.7 Å². The molecule has 0 fully saturated rings. The highest BCUT2D eigenvalue weighted by molar-refractivity contribution is 7.99. The Morgan fingerprint density at radius 2 is 1.93 bits per heavy atom. The molecular formula is C16H20N5O4PS2. The SMILES string of the molecule is CSc1ccc(Sc2nc(N)nc3c2ncn3CC(C)OCP(=O)(O)O)cc1. The van der Waals surface area contributed by atoms with Crippen LogP contribution in [0.15, 0.2) is 45.4 Å². The van der Waals surface area contributed by atoms with Crippen LogP contribution in [0.4, 0.5) is 5.95 Å². The number of aromatic nitrogens is 4. The molecule has 0 aliphatic carbocycles. The van der Waals surface area contributed by atoms with E-state index < -0.39 is 20.0 Å². The van der Waals surface area contributed by atoms with Crippen LogP contribution >= 0.6 is 31.1 Å². The van der Waals surface area contributed by atoms with Crippen molar-refractivity contribution in [1.29, 1.82) is 0 Å². The number of hydrogen-bond acceptors (Lipinski definition) is 8. The Bertz CT molecular complexity index is 1010. The maximum Gasteiger partial charge on any atom is 0.350 e. The summed E-state index contributed by atoms with van der Waals surface area (Å²) in [5, 5.41) is 0.641. The molecule has 9 nitrogen and oxygen atoms in total. The second kappa shape index (κ2) is 8.81. The third-order valence-corrected chi connectivity index (χ3v) is 5.92. The van der Waals surface area contributed by atoms with E-state index >= 15 is 0 Å². The van der Waals surface area contributed by atoms with Gasteiger partial charge in [0.05, 0.1) is 19.0 Å². The van der Waals surface area contributed by atoms with Gasteiger partial charge in [-0.1, -0.05) is 11.8 Å². The van der Waals surface area contributed by atoms with Crippen LogP contribution in [-0.2, 0) is 15.8 Å². The number of anilines is 1. The second-order valence-corrected chi connectivity index (χ2v) is 9.53. The molecule has 2 heterocycles. The van der Waals surface area contributed by atoms with E-state index in [2.05, 4.69) is 15.0 Å². The van der Waals surface area contributed by atoms with Crippen molar-refractivity contribution in [2.75, 3.05) is 18.3 Å². The van der Waals surface area contributed by atoms with Crippen LogP contribution in [0.25, 0.3) is 11.2 Å². The van der Waals surface area contributed by atoms with E-state index in [1.54, 1.807) is 29.6 Å². The number of ether oxygens (including phenoxy) is 1. The molecule has 0 spiro atoms. The van der Waals surface area contributed by atoms with Crippen LogP contribution in [0.2, 0.25) is 0 Å².